The van der Waals surface area contributed by atoms with Crippen molar-refractivity contribution in [2.45, 2.75) is 38.8 Å². The molecule has 2 rings (SSSR count). The number of likely N-dealkylation sites (tertiary alicyclic amines) is 1. The summed E-state index contributed by atoms with van der Waals surface area (Å²) in [6.07, 6.45) is 1.66. The van der Waals surface area contributed by atoms with Crippen molar-refractivity contribution in [3.8, 4) is 5.75 Å². The monoisotopic (exact) mass is 310 g/mol. The van der Waals surface area contributed by atoms with Crippen LogP contribution in [0, 0.1) is 6.92 Å². The van der Waals surface area contributed by atoms with Crippen LogP contribution in [0.3, 0.4) is 0 Å². The first-order chi connectivity index (χ1) is 10.0. The summed E-state index contributed by atoms with van der Waals surface area (Å²) in [7, 11) is 1.94. The third-order valence-electron chi connectivity index (χ3n) is 3.93. The number of benzene rings is 1. The van der Waals surface area contributed by atoms with E-state index in [1.165, 1.54) is 0 Å². The van der Waals surface area contributed by atoms with E-state index in [-0.39, 0.29) is 5.91 Å². The third kappa shape index (κ3) is 4.11. The zero-order valence-electron chi connectivity index (χ0n) is 12.9. The number of amides is 1. The lowest BCUT2D eigenvalue weighted by atomic mass is 10.1. The second-order valence-corrected chi connectivity index (χ2v) is 6.02. The molecule has 1 saturated heterocycles. The molecule has 1 aromatic carbocycles. The van der Waals surface area contributed by atoms with Gasteiger partial charge in [-0.3, -0.25) is 4.79 Å². The molecule has 5 heteroatoms. The van der Waals surface area contributed by atoms with Crippen molar-refractivity contribution < 1.29 is 9.53 Å². The average Bonchev–Trinajstić information content (AvgIpc) is 2.49. The number of piperidine rings is 1. The number of halogens is 1. The molecular weight excluding hydrogens is 288 g/mol. The number of ether oxygens (including phenoxy) is 1. The van der Waals surface area contributed by atoms with Crippen molar-refractivity contribution in [2.24, 2.45) is 0 Å². The van der Waals surface area contributed by atoms with E-state index in [9.17, 15) is 4.79 Å². The van der Waals surface area contributed by atoms with E-state index in [0.29, 0.717) is 16.8 Å². The van der Waals surface area contributed by atoms with Gasteiger partial charge in [0.15, 0.2) is 6.10 Å². The molecule has 0 aliphatic carbocycles. The van der Waals surface area contributed by atoms with Crippen LogP contribution in [0.4, 0.5) is 0 Å². The topological polar surface area (TPSA) is 41.6 Å². The summed E-state index contributed by atoms with van der Waals surface area (Å²) in [5.74, 6) is 0.756. The second-order valence-electron chi connectivity index (χ2n) is 5.58. The van der Waals surface area contributed by atoms with Gasteiger partial charge in [-0.05, 0) is 57.5 Å². The van der Waals surface area contributed by atoms with Crippen LogP contribution >= 0.6 is 11.6 Å². The Hall–Kier alpha value is -1.26. The van der Waals surface area contributed by atoms with E-state index in [1.54, 1.807) is 13.0 Å². The maximum Gasteiger partial charge on any atom is 0.263 e. The van der Waals surface area contributed by atoms with Gasteiger partial charge >= 0.3 is 0 Å². The molecule has 1 aliphatic rings. The van der Waals surface area contributed by atoms with Crippen molar-refractivity contribution in [3.63, 3.8) is 0 Å². The number of hydrogen-bond donors (Lipinski definition) is 1. The van der Waals surface area contributed by atoms with Crippen LogP contribution in [0.2, 0.25) is 5.02 Å². The van der Waals surface area contributed by atoms with Crippen LogP contribution in [0.5, 0.6) is 5.75 Å². The van der Waals surface area contributed by atoms with Gasteiger partial charge in [0.2, 0.25) is 0 Å². The molecule has 0 aromatic heterocycles. The lowest BCUT2D eigenvalue weighted by Gasteiger charge is -2.34. The Morgan fingerprint density at radius 3 is 2.95 bits per heavy atom. The quantitative estimate of drug-likeness (QED) is 0.929. The molecule has 1 amide bonds. The summed E-state index contributed by atoms with van der Waals surface area (Å²) in [5.41, 5.74) is 0.939. The Morgan fingerprint density at radius 1 is 1.52 bits per heavy atom. The summed E-state index contributed by atoms with van der Waals surface area (Å²) in [6.45, 7) is 5.29. The van der Waals surface area contributed by atoms with Crippen LogP contribution in [0.15, 0.2) is 18.2 Å². The van der Waals surface area contributed by atoms with E-state index >= 15 is 0 Å². The molecule has 0 radical (unpaired) electrons. The minimum atomic E-state index is -0.486. The summed E-state index contributed by atoms with van der Waals surface area (Å²) < 4.78 is 5.81. The van der Waals surface area contributed by atoms with Gasteiger partial charge in [0.1, 0.15) is 5.75 Å². The fourth-order valence-corrected chi connectivity index (χ4v) is 2.88. The fraction of sp³-hybridized carbons (Fsp3) is 0.562. The Labute approximate surface area is 131 Å². The Bertz CT molecular complexity index is 507. The van der Waals surface area contributed by atoms with Gasteiger partial charge in [-0.15, -0.1) is 0 Å². The number of aryl methyl sites for hydroxylation is 1. The van der Waals surface area contributed by atoms with E-state index < -0.39 is 6.10 Å². The zero-order valence-corrected chi connectivity index (χ0v) is 13.6. The highest BCUT2D eigenvalue weighted by molar-refractivity contribution is 6.30. The highest BCUT2D eigenvalue weighted by atomic mass is 35.5. The highest BCUT2D eigenvalue weighted by Crippen LogP contribution is 2.23. The number of rotatable bonds is 4. The summed E-state index contributed by atoms with van der Waals surface area (Å²) >= 11 is 5.93. The number of likely N-dealkylation sites (N-methyl/N-ethyl adjacent to an activating group) is 1. The standard InChI is InChI=1S/C16H23ClN2O2/c1-11-9-13(17)6-7-15(11)21-12(2)16(20)19-8-4-5-14(10-19)18-3/h6-7,9,12,14,18H,4-5,8,10H2,1-3H3. The van der Waals surface area contributed by atoms with Crippen LogP contribution < -0.4 is 10.1 Å². The van der Waals surface area contributed by atoms with Gasteiger partial charge in [-0.25, -0.2) is 0 Å². The molecule has 4 nitrogen and oxygen atoms in total. The fourth-order valence-electron chi connectivity index (χ4n) is 2.66. The number of nitrogens with zero attached hydrogens (tertiary/aromatic N) is 1. The number of carbonyl (C=O) groups excluding carboxylic acids is 1. The average molecular weight is 311 g/mol. The second kappa shape index (κ2) is 7.14. The van der Waals surface area contributed by atoms with Crippen molar-refractivity contribution >= 4 is 17.5 Å². The van der Waals surface area contributed by atoms with Gasteiger partial charge in [-0.2, -0.15) is 0 Å². The van der Waals surface area contributed by atoms with Gasteiger partial charge in [0, 0.05) is 24.2 Å². The largest absolute Gasteiger partial charge is 0.481 e. The third-order valence-corrected chi connectivity index (χ3v) is 4.16. The summed E-state index contributed by atoms with van der Waals surface area (Å²) in [5, 5.41) is 3.92. The molecule has 2 unspecified atom stereocenters. The van der Waals surface area contributed by atoms with Gasteiger partial charge in [0.05, 0.1) is 0 Å². The van der Waals surface area contributed by atoms with Crippen LogP contribution in [-0.2, 0) is 4.79 Å². The normalized spacial score (nSPS) is 20.2. The van der Waals surface area contributed by atoms with Gasteiger partial charge in [0.25, 0.3) is 5.91 Å². The molecule has 0 bridgehead atoms. The Balaban J connectivity index is 1.99. The predicted octanol–water partition coefficient (Wildman–Crippen LogP) is 2.63. The molecule has 0 saturated carbocycles. The first kappa shape index (κ1) is 16.1. The Kier molecular flexibility index (Phi) is 5.48. The molecule has 116 valence electrons. The van der Waals surface area contributed by atoms with Crippen LogP contribution in [-0.4, -0.2) is 43.1 Å². The molecule has 2 atom stereocenters. The van der Waals surface area contributed by atoms with E-state index in [4.69, 9.17) is 16.3 Å². The van der Waals surface area contributed by atoms with Crippen molar-refractivity contribution in [2.75, 3.05) is 20.1 Å². The van der Waals surface area contributed by atoms with Crippen LogP contribution in [0.25, 0.3) is 0 Å². The van der Waals surface area contributed by atoms with Crippen molar-refractivity contribution in [1.82, 2.24) is 10.2 Å². The summed E-state index contributed by atoms with van der Waals surface area (Å²) in [4.78, 5) is 14.4. The number of hydrogen-bond acceptors (Lipinski definition) is 3. The molecule has 0 spiro atoms. The van der Waals surface area contributed by atoms with E-state index in [2.05, 4.69) is 5.32 Å². The maximum absolute atomic E-state index is 12.5. The van der Waals surface area contributed by atoms with E-state index in [0.717, 1.165) is 31.5 Å². The lowest BCUT2D eigenvalue weighted by Crippen LogP contribution is -2.50. The molecular formula is C16H23ClN2O2. The van der Waals surface area contributed by atoms with E-state index in [1.807, 2.05) is 31.0 Å². The minimum absolute atomic E-state index is 0.0456. The first-order valence-electron chi connectivity index (χ1n) is 7.40. The molecule has 21 heavy (non-hydrogen) atoms. The molecule has 1 aliphatic heterocycles. The lowest BCUT2D eigenvalue weighted by molar-refractivity contribution is -0.139. The van der Waals surface area contributed by atoms with Gasteiger partial charge in [-0.1, -0.05) is 11.6 Å². The maximum atomic E-state index is 12.5. The molecule has 1 N–H and O–H groups in total. The SMILES string of the molecule is CNC1CCCN(C(=O)C(C)Oc2ccc(Cl)cc2C)C1. The smallest absolute Gasteiger partial charge is 0.263 e. The molecule has 1 heterocycles. The predicted molar refractivity (Wildman–Crippen MR) is 84.9 cm³/mol. The molecule has 1 aromatic rings. The highest BCUT2D eigenvalue weighted by Gasteiger charge is 2.27. The summed E-state index contributed by atoms with van der Waals surface area (Å²) in [6, 6.07) is 5.81. The number of carbonyl (C=O) groups is 1. The minimum Gasteiger partial charge on any atom is -0.481 e. The first-order valence-corrected chi connectivity index (χ1v) is 7.78. The zero-order chi connectivity index (χ0) is 15.4. The van der Waals surface area contributed by atoms with Crippen LogP contribution in [0.1, 0.15) is 25.3 Å². The number of nitrogens with one attached hydrogen (secondary N) is 1. The van der Waals surface area contributed by atoms with Gasteiger partial charge < -0.3 is 15.0 Å². The Morgan fingerprint density at radius 2 is 2.29 bits per heavy atom. The van der Waals surface area contributed by atoms with Crippen molar-refractivity contribution in [3.05, 3.63) is 28.8 Å². The van der Waals surface area contributed by atoms with Crippen molar-refractivity contribution in [1.29, 1.82) is 0 Å². The molecule has 1 fully saturated rings.